The van der Waals surface area contributed by atoms with Crippen molar-refractivity contribution in [1.29, 1.82) is 0 Å². The van der Waals surface area contributed by atoms with Crippen molar-refractivity contribution < 1.29 is 14.3 Å². The molecule has 0 atom stereocenters. The summed E-state index contributed by atoms with van der Waals surface area (Å²) in [5.41, 5.74) is -0.804. The minimum Gasteiger partial charge on any atom is -0.444 e. The van der Waals surface area contributed by atoms with E-state index >= 15 is 0 Å². The van der Waals surface area contributed by atoms with E-state index in [1.165, 1.54) is 0 Å². The molecule has 1 aliphatic heterocycles. The van der Waals surface area contributed by atoms with Crippen LogP contribution in [-0.2, 0) is 9.53 Å². The molecular weight excluding hydrogens is 256 g/mol. The summed E-state index contributed by atoms with van der Waals surface area (Å²) in [4.78, 5) is 27.3. The van der Waals surface area contributed by atoms with Gasteiger partial charge in [-0.05, 0) is 20.8 Å². The molecular formula is C15H28N2O3. The van der Waals surface area contributed by atoms with Crippen LogP contribution in [0.3, 0.4) is 0 Å². The summed E-state index contributed by atoms with van der Waals surface area (Å²) in [5, 5.41) is 0. The van der Waals surface area contributed by atoms with E-state index in [2.05, 4.69) is 0 Å². The standard InChI is InChI=1S/C15H28N2O3/c1-14(2,3)12(18)17-9-11(10-17)8-16(7)13(19)20-15(4,5)6/h11H,8-10H2,1-7H3. The van der Waals surface area contributed by atoms with Crippen LogP contribution in [0.1, 0.15) is 41.5 Å². The normalized spacial score (nSPS) is 16.6. The zero-order valence-corrected chi connectivity index (χ0v) is 13.8. The van der Waals surface area contributed by atoms with Gasteiger partial charge in [0.25, 0.3) is 0 Å². The first-order valence-corrected chi connectivity index (χ1v) is 7.13. The van der Waals surface area contributed by atoms with E-state index in [0.29, 0.717) is 12.5 Å². The summed E-state index contributed by atoms with van der Waals surface area (Å²) in [6, 6.07) is 0. The summed E-state index contributed by atoms with van der Waals surface area (Å²) in [6.45, 7) is 13.4. The third-order valence-electron chi connectivity index (χ3n) is 3.12. The molecule has 0 N–H and O–H groups in total. The maximum absolute atomic E-state index is 12.0. The molecule has 0 aliphatic carbocycles. The summed E-state index contributed by atoms with van der Waals surface area (Å²) < 4.78 is 5.30. The fourth-order valence-corrected chi connectivity index (χ4v) is 2.13. The molecule has 0 unspecified atom stereocenters. The fraction of sp³-hybridized carbons (Fsp3) is 0.867. The van der Waals surface area contributed by atoms with Crippen molar-refractivity contribution in [2.75, 3.05) is 26.7 Å². The second-order valence-corrected chi connectivity index (χ2v) is 7.69. The highest BCUT2D eigenvalue weighted by Gasteiger charge is 2.37. The quantitative estimate of drug-likeness (QED) is 0.782. The fourth-order valence-electron chi connectivity index (χ4n) is 2.13. The average molecular weight is 284 g/mol. The highest BCUT2D eigenvalue weighted by atomic mass is 16.6. The number of rotatable bonds is 2. The van der Waals surface area contributed by atoms with Gasteiger partial charge in [0.2, 0.25) is 5.91 Å². The van der Waals surface area contributed by atoms with Crippen LogP contribution in [-0.4, -0.2) is 54.1 Å². The van der Waals surface area contributed by atoms with E-state index in [0.717, 1.165) is 13.1 Å². The Balaban J connectivity index is 2.36. The van der Waals surface area contributed by atoms with E-state index in [1.807, 2.05) is 46.4 Å². The first-order chi connectivity index (χ1) is 8.90. The van der Waals surface area contributed by atoms with Gasteiger partial charge in [-0.1, -0.05) is 20.8 Å². The molecule has 0 aromatic carbocycles. The highest BCUT2D eigenvalue weighted by Crippen LogP contribution is 2.25. The molecule has 0 aromatic heterocycles. The van der Waals surface area contributed by atoms with Crippen molar-refractivity contribution in [3.8, 4) is 0 Å². The van der Waals surface area contributed by atoms with Crippen LogP contribution in [0.5, 0.6) is 0 Å². The van der Waals surface area contributed by atoms with Gasteiger partial charge in [-0.2, -0.15) is 0 Å². The molecule has 1 heterocycles. The third-order valence-corrected chi connectivity index (χ3v) is 3.12. The zero-order valence-electron chi connectivity index (χ0n) is 13.8. The molecule has 0 radical (unpaired) electrons. The van der Waals surface area contributed by atoms with E-state index < -0.39 is 5.60 Å². The number of hydrogen-bond donors (Lipinski definition) is 0. The molecule has 116 valence electrons. The Kier molecular flexibility index (Phi) is 4.72. The van der Waals surface area contributed by atoms with Crippen LogP contribution in [0.15, 0.2) is 0 Å². The molecule has 0 saturated carbocycles. The van der Waals surface area contributed by atoms with Crippen molar-refractivity contribution in [3.05, 3.63) is 0 Å². The van der Waals surface area contributed by atoms with Crippen LogP contribution < -0.4 is 0 Å². The van der Waals surface area contributed by atoms with Crippen LogP contribution >= 0.6 is 0 Å². The number of likely N-dealkylation sites (tertiary alicyclic amines) is 1. The Morgan fingerprint density at radius 1 is 1.15 bits per heavy atom. The predicted molar refractivity (Wildman–Crippen MR) is 78.4 cm³/mol. The molecule has 1 rings (SSSR count). The molecule has 0 bridgehead atoms. The van der Waals surface area contributed by atoms with Crippen LogP contribution in [0, 0.1) is 11.3 Å². The van der Waals surface area contributed by atoms with Gasteiger partial charge < -0.3 is 14.5 Å². The van der Waals surface area contributed by atoms with Crippen molar-refractivity contribution in [2.45, 2.75) is 47.1 Å². The Bertz CT molecular complexity index is 374. The summed E-state index contributed by atoms with van der Waals surface area (Å²) >= 11 is 0. The van der Waals surface area contributed by atoms with E-state index in [9.17, 15) is 9.59 Å². The van der Waals surface area contributed by atoms with Crippen molar-refractivity contribution in [2.24, 2.45) is 11.3 Å². The second kappa shape index (κ2) is 5.62. The lowest BCUT2D eigenvalue weighted by molar-refractivity contribution is -0.146. The van der Waals surface area contributed by atoms with Gasteiger partial charge in [-0.25, -0.2) is 4.79 Å². The topological polar surface area (TPSA) is 49.9 Å². The maximum atomic E-state index is 12.0. The van der Waals surface area contributed by atoms with Crippen molar-refractivity contribution in [3.63, 3.8) is 0 Å². The van der Waals surface area contributed by atoms with Gasteiger partial charge in [-0.15, -0.1) is 0 Å². The lowest BCUT2D eigenvalue weighted by Crippen LogP contribution is -2.56. The molecule has 1 aliphatic rings. The van der Waals surface area contributed by atoms with Crippen molar-refractivity contribution in [1.82, 2.24) is 9.80 Å². The summed E-state index contributed by atoms with van der Waals surface area (Å²) in [5.74, 6) is 0.521. The average Bonchev–Trinajstić information content (AvgIpc) is 2.17. The lowest BCUT2D eigenvalue weighted by atomic mass is 9.90. The Hall–Kier alpha value is -1.26. The smallest absolute Gasteiger partial charge is 0.410 e. The van der Waals surface area contributed by atoms with Gasteiger partial charge >= 0.3 is 6.09 Å². The Morgan fingerprint density at radius 3 is 2.05 bits per heavy atom. The number of hydrogen-bond acceptors (Lipinski definition) is 3. The molecule has 0 aromatic rings. The number of carbonyl (C=O) groups is 2. The van der Waals surface area contributed by atoms with Crippen LogP contribution in [0.4, 0.5) is 4.79 Å². The van der Waals surface area contributed by atoms with E-state index in [4.69, 9.17) is 4.74 Å². The minimum absolute atomic E-state index is 0.175. The van der Waals surface area contributed by atoms with Gasteiger partial charge in [-0.3, -0.25) is 4.79 Å². The van der Waals surface area contributed by atoms with E-state index in [1.54, 1.807) is 11.9 Å². The predicted octanol–water partition coefficient (Wildman–Crippen LogP) is 2.36. The Labute approximate surface area is 122 Å². The molecule has 5 nitrogen and oxygen atoms in total. The monoisotopic (exact) mass is 284 g/mol. The summed E-state index contributed by atoms with van der Waals surface area (Å²) in [6.07, 6.45) is -0.307. The molecule has 0 spiro atoms. The Morgan fingerprint density at radius 2 is 1.65 bits per heavy atom. The SMILES string of the molecule is CN(CC1CN(C(=O)C(C)(C)C)C1)C(=O)OC(C)(C)C. The molecule has 1 saturated heterocycles. The van der Waals surface area contributed by atoms with Gasteiger partial charge in [0.05, 0.1) is 0 Å². The number of amides is 2. The van der Waals surface area contributed by atoms with Crippen molar-refractivity contribution >= 4 is 12.0 Å². The van der Waals surface area contributed by atoms with Crippen LogP contribution in [0.2, 0.25) is 0 Å². The molecule has 1 fully saturated rings. The molecule has 20 heavy (non-hydrogen) atoms. The zero-order chi connectivity index (χ0) is 15.7. The maximum Gasteiger partial charge on any atom is 0.410 e. The lowest BCUT2D eigenvalue weighted by Gasteiger charge is -2.43. The third kappa shape index (κ3) is 4.69. The van der Waals surface area contributed by atoms with Gasteiger partial charge in [0, 0.05) is 38.0 Å². The first kappa shape index (κ1) is 16.8. The first-order valence-electron chi connectivity index (χ1n) is 7.13. The second-order valence-electron chi connectivity index (χ2n) is 7.69. The molecule has 2 amide bonds. The van der Waals surface area contributed by atoms with Gasteiger partial charge in [0.15, 0.2) is 0 Å². The number of carbonyl (C=O) groups excluding carboxylic acids is 2. The molecule has 5 heteroatoms. The van der Waals surface area contributed by atoms with Crippen LogP contribution in [0.25, 0.3) is 0 Å². The minimum atomic E-state index is -0.473. The largest absolute Gasteiger partial charge is 0.444 e. The number of ether oxygens (including phenoxy) is 1. The summed E-state index contributed by atoms with van der Waals surface area (Å²) in [7, 11) is 1.74. The number of nitrogens with zero attached hydrogens (tertiary/aromatic N) is 2. The highest BCUT2D eigenvalue weighted by molar-refractivity contribution is 5.82. The van der Waals surface area contributed by atoms with E-state index in [-0.39, 0.29) is 17.4 Å². The van der Waals surface area contributed by atoms with Gasteiger partial charge in [0.1, 0.15) is 5.60 Å².